The van der Waals surface area contributed by atoms with E-state index >= 15 is 0 Å². The van der Waals surface area contributed by atoms with Crippen molar-refractivity contribution in [3.8, 4) is 0 Å². The zero-order valence-electron chi connectivity index (χ0n) is 11.3. The number of anilines is 1. The van der Waals surface area contributed by atoms with Gasteiger partial charge in [-0.1, -0.05) is 0 Å². The fourth-order valence-electron chi connectivity index (χ4n) is 3.10. The monoisotopic (exact) mass is 299 g/mol. The Bertz CT molecular complexity index is 555. The summed E-state index contributed by atoms with van der Waals surface area (Å²) in [6.45, 7) is 3.70. The van der Waals surface area contributed by atoms with E-state index in [4.69, 9.17) is 0 Å². The number of carbonyl (C=O) groups excluding carboxylic acids is 1. The number of fused-ring (bicyclic) bond motifs is 1. The smallest absolute Gasteiger partial charge is 0.238 e. The van der Waals surface area contributed by atoms with Gasteiger partial charge in [-0.05, 0) is 37.1 Å². The van der Waals surface area contributed by atoms with Gasteiger partial charge in [0.1, 0.15) is 0 Å². The second-order valence-corrected chi connectivity index (χ2v) is 5.64. The van der Waals surface area contributed by atoms with Gasteiger partial charge in [0, 0.05) is 13.1 Å². The van der Waals surface area contributed by atoms with Crippen molar-refractivity contribution in [1.29, 1.82) is 0 Å². The molecule has 2 fully saturated rings. The molecule has 2 unspecified atom stereocenters. The molecule has 0 spiro atoms. The molecule has 0 aromatic heterocycles. The van der Waals surface area contributed by atoms with Gasteiger partial charge in [0.25, 0.3) is 0 Å². The van der Waals surface area contributed by atoms with Gasteiger partial charge in [-0.3, -0.25) is 9.69 Å². The second-order valence-electron chi connectivity index (χ2n) is 5.64. The minimum absolute atomic E-state index is 0.130. The predicted molar refractivity (Wildman–Crippen MR) is 71.2 cm³/mol. The highest BCUT2D eigenvalue weighted by molar-refractivity contribution is 5.92. The molecule has 0 saturated carbocycles. The maximum Gasteiger partial charge on any atom is 0.238 e. The highest BCUT2D eigenvalue weighted by Crippen LogP contribution is 2.26. The van der Waals surface area contributed by atoms with E-state index in [9.17, 15) is 18.0 Å². The van der Waals surface area contributed by atoms with Gasteiger partial charge in [0.2, 0.25) is 5.91 Å². The molecule has 2 aliphatic heterocycles. The lowest BCUT2D eigenvalue weighted by atomic mass is 10.0. The topological polar surface area (TPSA) is 44.4 Å². The van der Waals surface area contributed by atoms with E-state index in [0.29, 0.717) is 11.8 Å². The molecule has 2 N–H and O–H groups in total. The summed E-state index contributed by atoms with van der Waals surface area (Å²) in [6, 6.07) is 1.81. The van der Waals surface area contributed by atoms with Gasteiger partial charge in [0.15, 0.2) is 17.5 Å². The van der Waals surface area contributed by atoms with E-state index in [1.54, 1.807) is 0 Å². The standard InChI is InChI=1S/C14H16F3N3O/c15-10-1-2-11(14(17)13(10)16)19-12(21)7-20-5-8-3-18-4-9(8)6-20/h1-2,8-9,18H,3-7H2,(H,19,21). The number of nitrogens with zero attached hydrogens (tertiary/aromatic N) is 1. The molecule has 1 aromatic carbocycles. The number of nitrogens with one attached hydrogen (secondary N) is 2. The number of likely N-dealkylation sites (tertiary alicyclic amines) is 1. The van der Waals surface area contributed by atoms with Gasteiger partial charge in [-0.15, -0.1) is 0 Å². The zero-order valence-corrected chi connectivity index (χ0v) is 11.3. The van der Waals surface area contributed by atoms with Crippen LogP contribution in [-0.2, 0) is 4.79 Å². The molecular weight excluding hydrogens is 283 g/mol. The quantitative estimate of drug-likeness (QED) is 0.824. The number of benzene rings is 1. The van der Waals surface area contributed by atoms with Crippen LogP contribution in [0.4, 0.5) is 18.9 Å². The zero-order chi connectivity index (χ0) is 15.0. The van der Waals surface area contributed by atoms with Crippen molar-refractivity contribution >= 4 is 11.6 Å². The predicted octanol–water partition coefficient (Wildman–Crippen LogP) is 1.19. The molecule has 2 aliphatic rings. The Labute approximate surface area is 120 Å². The van der Waals surface area contributed by atoms with E-state index in [0.717, 1.165) is 38.3 Å². The van der Waals surface area contributed by atoms with Crippen molar-refractivity contribution in [2.45, 2.75) is 0 Å². The summed E-state index contributed by atoms with van der Waals surface area (Å²) in [4.78, 5) is 13.9. The number of halogens is 3. The van der Waals surface area contributed by atoms with E-state index in [1.807, 2.05) is 4.90 Å². The first kappa shape index (κ1) is 14.3. The highest BCUT2D eigenvalue weighted by atomic mass is 19.2. The SMILES string of the molecule is O=C(CN1CC2CNCC2C1)Nc1ccc(F)c(F)c1F. The molecule has 2 atom stereocenters. The summed E-state index contributed by atoms with van der Waals surface area (Å²) < 4.78 is 39.4. The molecule has 7 heteroatoms. The van der Waals surface area contributed by atoms with Crippen molar-refractivity contribution in [2.24, 2.45) is 11.8 Å². The number of hydrogen-bond acceptors (Lipinski definition) is 3. The first-order valence-electron chi connectivity index (χ1n) is 6.91. The summed E-state index contributed by atoms with van der Waals surface area (Å²) >= 11 is 0. The van der Waals surface area contributed by atoms with Crippen molar-refractivity contribution in [3.05, 3.63) is 29.6 Å². The van der Waals surface area contributed by atoms with E-state index < -0.39 is 23.4 Å². The first-order chi connectivity index (χ1) is 10.0. The van der Waals surface area contributed by atoms with Gasteiger partial charge >= 0.3 is 0 Å². The molecule has 0 radical (unpaired) electrons. The van der Waals surface area contributed by atoms with Crippen LogP contribution in [-0.4, -0.2) is 43.5 Å². The molecule has 114 valence electrons. The summed E-state index contributed by atoms with van der Waals surface area (Å²) in [5, 5.41) is 5.60. The van der Waals surface area contributed by atoms with Gasteiger partial charge < -0.3 is 10.6 Å². The molecule has 2 saturated heterocycles. The lowest BCUT2D eigenvalue weighted by Gasteiger charge is -2.16. The third-order valence-electron chi connectivity index (χ3n) is 4.14. The van der Waals surface area contributed by atoms with Crippen molar-refractivity contribution in [3.63, 3.8) is 0 Å². The average molecular weight is 299 g/mol. The third-order valence-corrected chi connectivity index (χ3v) is 4.14. The van der Waals surface area contributed by atoms with Gasteiger partial charge in [-0.25, -0.2) is 13.2 Å². The molecular formula is C14H16F3N3O. The van der Waals surface area contributed by atoms with E-state index in [1.165, 1.54) is 0 Å². The van der Waals surface area contributed by atoms with Crippen LogP contribution in [0.3, 0.4) is 0 Å². The van der Waals surface area contributed by atoms with Gasteiger partial charge in [-0.2, -0.15) is 0 Å². The molecule has 0 aliphatic carbocycles. The van der Waals surface area contributed by atoms with Gasteiger partial charge in [0.05, 0.1) is 12.2 Å². The molecule has 4 nitrogen and oxygen atoms in total. The van der Waals surface area contributed by atoms with Crippen LogP contribution in [0.25, 0.3) is 0 Å². The lowest BCUT2D eigenvalue weighted by Crippen LogP contribution is -2.34. The third kappa shape index (κ3) is 2.89. The lowest BCUT2D eigenvalue weighted by molar-refractivity contribution is -0.117. The normalized spacial score (nSPS) is 25.1. The van der Waals surface area contributed by atoms with E-state index in [2.05, 4.69) is 10.6 Å². The second kappa shape index (κ2) is 5.65. The van der Waals surface area contributed by atoms with Crippen molar-refractivity contribution in [1.82, 2.24) is 10.2 Å². The Morgan fingerprint density at radius 1 is 1.19 bits per heavy atom. The molecule has 3 rings (SSSR count). The van der Waals surface area contributed by atoms with Crippen LogP contribution in [0.1, 0.15) is 0 Å². The number of carbonyl (C=O) groups is 1. The fourth-order valence-corrected chi connectivity index (χ4v) is 3.10. The van der Waals surface area contributed by atoms with Crippen LogP contribution >= 0.6 is 0 Å². The Morgan fingerprint density at radius 3 is 2.52 bits per heavy atom. The summed E-state index contributed by atoms with van der Waals surface area (Å²) in [6.07, 6.45) is 0. The number of rotatable bonds is 3. The van der Waals surface area contributed by atoms with Crippen LogP contribution in [0.5, 0.6) is 0 Å². The van der Waals surface area contributed by atoms with Crippen molar-refractivity contribution in [2.75, 3.05) is 38.0 Å². The average Bonchev–Trinajstić information content (AvgIpc) is 3.00. The number of amides is 1. The minimum Gasteiger partial charge on any atom is -0.322 e. The van der Waals surface area contributed by atoms with Crippen LogP contribution < -0.4 is 10.6 Å². The Balaban J connectivity index is 1.59. The van der Waals surface area contributed by atoms with Crippen molar-refractivity contribution < 1.29 is 18.0 Å². The molecule has 21 heavy (non-hydrogen) atoms. The summed E-state index contributed by atoms with van der Waals surface area (Å²) in [7, 11) is 0. The molecule has 0 bridgehead atoms. The Morgan fingerprint density at radius 2 is 1.86 bits per heavy atom. The number of hydrogen-bond donors (Lipinski definition) is 2. The largest absolute Gasteiger partial charge is 0.322 e. The first-order valence-corrected chi connectivity index (χ1v) is 6.91. The fraction of sp³-hybridized carbons (Fsp3) is 0.500. The maximum absolute atomic E-state index is 13.5. The van der Waals surface area contributed by atoms with Crippen LogP contribution in [0, 0.1) is 29.3 Å². The summed E-state index contributed by atoms with van der Waals surface area (Å²) in [5.41, 5.74) is -0.333. The van der Waals surface area contributed by atoms with Crippen LogP contribution in [0.2, 0.25) is 0 Å². The highest BCUT2D eigenvalue weighted by Gasteiger charge is 2.36. The minimum atomic E-state index is -1.57. The Hall–Kier alpha value is -1.60. The Kier molecular flexibility index (Phi) is 3.86. The van der Waals surface area contributed by atoms with E-state index in [-0.39, 0.29) is 12.2 Å². The molecule has 2 heterocycles. The molecule has 1 aromatic rings. The maximum atomic E-state index is 13.5. The van der Waals surface area contributed by atoms with Crippen LogP contribution in [0.15, 0.2) is 12.1 Å². The summed E-state index contributed by atoms with van der Waals surface area (Å²) in [5.74, 6) is -3.53. The molecule has 1 amide bonds.